The Morgan fingerprint density at radius 3 is 2.26 bits per heavy atom. The number of rotatable bonds is 6. The van der Waals surface area contributed by atoms with Crippen molar-refractivity contribution < 1.29 is 9.13 Å². The van der Waals surface area contributed by atoms with Crippen molar-refractivity contribution in [1.82, 2.24) is 0 Å². The third-order valence-electron chi connectivity index (χ3n) is 6.99. The Kier molecular flexibility index (Phi) is 7.22. The molecule has 2 aliphatic rings. The minimum atomic E-state index is -0.409. The average Bonchev–Trinajstić information content (AvgIpc) is 2.70. The van der Waals surface area contributed by atoms with Gasteiger partial charge in [0.1, 0.15) is 0 Å². The number of ether oxygens (including phenoxy) is 1. The van der Waals surface area contributed by atoms with Gasteiger partial charge in [-0.3, -0.25) is 0 Å². The normalized spacial score (nSPS) is 29.7. The van der Waals surface area contributed by atoms with Crippen LogP contribution < -0.4 is 4.74 Å². The number of halogens is 1. The van der Waals surface area contributed by atoms with E-state index in [-0.39, 0.29) is 11.6 Å². The summed E-state index contributed by atoms with van der Waals surface area (Å²) in [6, 6.07) is 5.45. The number of hydrogen-bond acceptors (Lipinski definition) is 1. The third-order valence-corrected chi connectivity index (χ3v) is 6.99. The summed E-state index contributed by atoms with van der Waals surface area (Å²) in [5.41, 5.74) is 1.12. The van der Waals surface area contributed by atoms with Gasteiger partial charge in [0.15, 0.2) is 17.7 Å². The van der Waals surface area contributed by atoms with E-state index in [1.165, 1.54) is 64.2 Å². The number of benzene rings is 1. The van der Waals surface area contributed by atoms with Gasteiger partial charge in [0, 0.05) is 0 Å². The summed E-state index contributed by atoms with van der Waals surface area (Å²) in [5.74, 6) is 5.77. The summed E-state index contributed by atoms with van der Waals surface area (Å²) >= 11 is 0. The van der Waals surface area contributed by atoms with Crippen LogP contribution in [0.4, 0.5) is 4.39 Å². The summed E-state index contributed by atoms with van der Waals surface area (Å²) in [7, 11) is 0. The largest absolute Gasteiger partial charge is 0.475 e. The first-order valence-corrected chi connectivity index (χ1v) is 11.0. The second kappa shape index (κ2) is 9.63. The van der Waals surface area contributed by atoms with Gasteiger partial charge in [-0.1, -0.05) is 44.6 Å². The maximum Gasteiger partial charge on any atom is 0.165 e. The van der Waals surface area contributed by atoms with Crippen molar-refractivity contribution in [2.24, 2.45) is 17.8 Å². The van der Waals surface area contributed by atoms with Crippen molar-refractivity contribution in [3.05, 3.63) is 29.6 Å². The van der Waals surface area contributed by atoms with Crippen LogP contribution in [0.2, 0.25) is 0 Å². The Bertz CT molecular complexity index is 630. The van der Waals surface area contributed by atoms with Crippen LogP contribution in [0.5, 0.6) is 5.75 Å². The lowest BCUT2D eigenvalue weighted by Crippen LogP contribution is -2.25. The molecule has 0 heterocycles. The average molecular weight is 371 g/mol. The van der Waals surface area contributed by atoms with E-state index in [0.29, 0.717) is 5.92 Å². The molecule has 0 bridgehead atoms. The Balaban J connectivity index is 1.51. The molecule has 2 saturated carbocycles. The van der Waals surface area contributed by atoms with Crippen LogP contribution in [0, 0.1) is 35.9 Å². The van der Waals surface area contributed by atoms with Crippen molar-refractivity contribution in [3.63, 3.8) is 0 Å². The van der Waals surface area contributed by atoms with E-state index in [1.807, 2.05) is 6.07 Å². The molecule has 0 N–H and O–H groups in total. The zero-order chi connectivity index (χ0) is 19.2. The minimum absolute atomic E-state index is 0.265. The van der Waals surface area contributed by atoms with E-state index < -0.39 is 6.10 Å². The molecule has 1 aromatic carbocycles. The fourth-order valence-electron chi connectivity index (χ4n) is 5.37. The van der Waals surface area contributed by atoms with Gasteiger partial charge in [-0.25, -0.2) is 4.39 Å². The molecule has 1 atom stereocenters. The van der Waals surface area contributed by atoms with Gasteiger partial charge < -0.3 is 4.74 Å². The van der Waals surface area contributed by atoms with Crippen LogP contribution in [-0.4, -0.2) is 6.10 Å². The van der Waals surface area contributed by atoms with Crippen LogP contribution in [0.1, 0.15) is 89.5 Å². The highest BCUT2D eigenvalue weighted by Gasteiger charge is 2.31. The van der Waals surface area contributed by atoms with Crippen molar-refractivity contribution in [2.45, 2.75) is 90.1 Å². The molecule has 1 aromatic rings. The van der Waals surface area contributed by atoms with E-state index >= 15 is 0 Å². The van der Waals surface area contributed by atoms with Crippen LogP contribution in [-0.2, 0) is 0 Å². The maximum atomic E-state index is 14.4. The van der Waals surface area contributed by atoms with Gasteiger partial charge in [0.2, 0.25) is 0 Å². The summed E-state index contributed by atoms with van der Waals surface area (Å²) in [6.07, 6.45) is 18.4. The summed E-state index contributed by atoms with van der Waals surface area (Å²) in [5, 5.41) is 0. The van der Waals surface area contributed by atoms with Crippen molar-refractivity contribution >= 4 is 0 Å². The fourth-order valence-corrected chi connectivity index (χ4v) is 5.37. The van der Waals surface area contributed by atoms with Crippen LogP contribution in [0.3, 0.4) is 0 Å². The van der Waals surface area contributed by atoms with Crippen molar-refractivity contribution in [3.8, 4) is 18.1 Å². The molecule has 1 unspecified atom stereocenters. The molecule has 1 nitrogen and oxygen atoms in total. The fraction of sp³-hybridized carbons (Fsp3) is 0.680. The minimum Gasteiger partial charge on any atom is -0.475 e. The molecular weight excluding hydrogens is 335 g/mol. The van der Waals surface area contributed by atoms with E-state index in [9.17, 15) is 4.39 Å². The molecule has 0 aromatic heterocycles. The van der Waals surface area contributed by atoms with Crippen molar-refractivity contribution in [2.75, 3.05) is 0 Å². The van der Waals surface area contributed by atoms with Crippen molar-refractivity contribution in [1.29, 1.82) is 0 Å². The zero-order valence-corrected chi connectivity index (χ0v) is 17.1. The molecule has 0 saturated heterocycles. The predicted molar refractivity (Wildman–Crippen MR) is 110 cm³/mol. The molecular formula is C25H35FO. The molecule has 2 aliphatic carbocycles. The van der Waals surface area contributed by atoms with Crippen LogP contribution in [0.15, 0.2) is 18.2 Å². The quantitative estimate of drug-likeness (QED) is 0.485. The topological polar surface area (TPSA) is 9.23 Å². The summed E-state index contributed by atoms with van der Waals surface area (Å²) in [4.78, 5) is 0. The standard InChI is InChI=1S/C25H35FO/c1-4-6-19-7-9-20(10-8-19)21-11-13-22(14-12-21)23-15-16-25(24(26)17-23)27-18(3)5-2/h2,15-22H,4,6-14H2,1,3H3. The van der Waals surface area contributed by atoms with E-state index in [1.54, 1.807) is 19.1 Å². The number of terminal acetylenes is 1. The van der Waals surface area contributed by atoms with Gasteiger partial charge in [-0.2, -0.15) is 0 Å². The molecule has 0 radical (unpaired) electrons. The molecule has 2 fully saturated rings. The first kappa shape index (κ1) is 20.2. The SMILES string of the molecule is C#CC(C)Oc1ccc(C2CCC(C3CCC(CCC)CC3)CC2)cc1F. The first-order chi connectivity index (χ1) is 13.1. The Hall–Kier alpha value is -1.49. The monoisotopic (exact) mass is 370 g/mol. The summed E-state index contributed by atoms with van der Waals surface area (Å²) in [6.45, 7) is 4.06. The number of hydrogen-bond donors (Lipinski definition) is 0. The lowest BCUT2D eigenvalue weighted by atomic mass is 9.68. The molecule has 0 aliphatic heterocycles. The van der Waals surface area contributed by atoms with Crippen LogP contribution in [0.25, 0.3) is 0 Å². The lowest BCUT2D eigenvalue weighted by Gasteiger charge is -2.38. The Morgan fingerprint density at radius 2 is 1.70 bits per heavy atom. The Morgan fingerprint density at radius 1 is 1.07 bits per heavy atom. The molecule has 27 heavy (non-hydrogen) atoms. The van der Waals surface area contributed by atoms with Gasteiger partial charge in [0.25, 0.3) is 0 Å². The van der Waals surface area contributed by atoms with E-state index in [2.05, 4.69) is 12.8 Å². The highest BCUT2D eigenvalue weighted by molar-refractivity contribution is 5.32. The Labute approximate surface area is 165 Å². The molecule has 148 valence electrons. The molecule has 2 heteroatoms. The highest BCUT2D eigenvalue weighted by atomic mass is 19.1. The maximum absolute atomic E-state index is 14.4. The van der Waals surface area contributed by atoms with Gasteiger partial charge in [-0.15, -0.1) is 6.42 Å². The van der Waals surface area contributed by atoms with E-state index in [0.717, 1.165) is 23.3 Å². The molecule has 0 spiro atoms. The predicted octanol–water partition coefficient (Wildman–Crippen LogP) is 7.11. The highest BCUT2D eigenvalue weighted by Crippen LogP contribution is 2.44. The second-order valence-corrected chi connectivity index (χ2v) is 8.80. The molecule has 0 amide bonds. The zero-order valence-electron chi connectivity index (χ0n) is 17.1. The third kappa shape index (κ3) is 5.28. The van der Waals surface area contributed by atoms with Gasteiger partial charge in [-0.05, 0) is 86.8 Å². The van der Waals surface area contributed by atoms with Crippen LogP contribution >= 0.6 is 0 Å². The second-order valence-electron chi connectivity index (χ2n) is 8.80. The lowest BCUT2D eigenvalue weighted by molar-refractivity contribution is 0.156. The first-order valence-electron chi connectivity index (χ1n) is 11.0. The van der Waals surface area contributed by atoms with Gasteiger partial charge >= 0.3 is 0 Å². The van der Waals surface area contributed by atoms with Gasteiger partial charge in [0.05, 0.1) is 0 Å². The van der Waals surface area contributed by atoms with E-state index in [4.69, 9.17) is 11.2 Å². The summed E-state index contributed by atoms with van der Waals surface area (Å²) < 4.78 is 19.8. The molecule has 3 rings (SSSR count). The smallest absolute Gasteiger partial charge is 0.165 e.